The van der Waals surface area contributed by atoms with E-state index in [0.717, 1.165) is 28.9 Å². The topological polar surface area (TPSA) is 85.0 Å². The molecule has 0 spiro atoms. The highest BCUT2D eigenvalue weighted by Crippen LogP contribution is 2.25. The monoisotopic (exact) mass is 349 g/mol. The highest BCUT2D eigenvalue weighted by molar-refractivity contribution is 5.78. The van der Waals surface area contributed by atoms with Gasteiger partial charge < -0.3 is 9.42 Å². The van der Waals surface area contributed by atoms with Crippen LogP contribution < -0.4 is 0 Å². The highest BCUT2D eigenvalue weighted by Gasteiger charge is 2.23. The number of carbonyl (C=O) groups excluding carboxylic acids is 1. The van der Waals surface area contributed by atoms with E-state index in [1.54, 1.807) is 13.3 Å². The summed E-state index contributed by atoms with van der Waals surface area (Å²) in [6.07, 6.45) is 3.19. The van der Waals surface area contributed by atoms with Gasteiger partial charge in [-0.1, -0.05) is 35.5 Å². The van der Waals surface area contributed by atoms with E-state index in [-0.39, 0.29) is 12.3 Å². The Labute approximate surface area is 151 Å². The molecule has 1 aliphatic rings. The van der Waals surface area contributed by atoms with Gasteiger partial charge in [0.2, 0.25) is 11.8 Å². The zero-order valence-corrected chi connectivity index (χ0v) is 14.6. The molecule has 0 unspecified atom stereocenters. The van der Waals surface area contributed by atoms with Crippen molar-refractivity contribution in [2.75, 3.05) is 13.1 Å². The second kappa shape index (κ2) is 7.03. The highest BCUT2D eigenvalue weighted by atomic mass is 16.5. The molecule has 7 heteroatoms. The average Bonchev–Trinajstić information content (AvgIpc) is 2.94. The first-order chi connectivity index (χ1) is 12.7. The predicted octanol–water partition coefficient (Wildman–Crippen LogP) is 2.00. The number of aromatic nitrogens is 4. The Hall–Kier alpha value is -3.09. The van der Waals surface area contributed by atoms with Crippen LogP contribution in [0.5, 0.6) is 0 Å². The molecule has 0 fully saturated rings. The first-order valence-electron chi connectivity index (χ1n) is 8.66. The van der Waals surface area contributed by atoms with Crippen molar-refractivity contribution in [1.82, 2.24) is 25.0 Å². The Balaban J connectivity index is 1.53. The van der Waals surface area contributed by atoms with Crippen LogP contribution in [0.15, 0.2) is 41.2 Å². The number of hydrogen-bond acceptors (Lipinski definition) is 6. The minimum atomic E-state index is -0.00400. The lowest BCUT2D eigenvalue weighted by Crippen LogP contribution is -2.34. The largest absolute Gasteiger partial charge is 0.342 e. The molecule has 7 nitrogen and oxygen atoms in total. The second-order valence-corrected chi connectivity index (χ2v) is 6.31. The third-order valence-corrected chi connectivity index (χ3v) is 4.56. The van der Waals surface area contributed by atoms with E-state index in [4.69, 9.17) is 4.52 Å². The minimum Gasteiger partial charge on any atom is -0.342 e. The molecule has 1 aromatic carbocycles. The van der Waals surface area contributed by atoms with Crippen LogP contribution in [0.2, 0.25) is 0 Å². The van der Waals surface area contributed by atoms with Crippen molar-refractivity contribution < 1.29 is 9.32 Å². The maximum Gasteiger partial charge on any atom is 0.236 e. The molecular weight excluding hydrogens is 330 g/mol. The molecule has 1 amide bonds. The molecule has 3 heterocycles. The number of amides is 1. The summed E-state index contributed by atoms with van der Waals surface area (Å²) in [4.78, 5) is 27.5. The van der Waals surface area contributed by atoms with Gasteiger partial charge in [0.25, 0.3) is 0 Å². The quantitative estimate of drug-likeness (QED) is 0.719. The van der Waals surface area contributed by atoms with Crippen LogP contribution in [0.3, 0.4) is 0 Å². The van der Waals surface area contributed by atoms with Crippen LogP contribution in [-0.2, 0) is 24.1 Å². The first kappa shape index (κ1) is 16.4. The lowest BCUT2D eigenvalue weighted by atomic mass is 10.0. The predicted molar refractivity (Wildman–Crippen MR) is 94.2 cm³/mol. The molecule has 0 saturated carbocycles. The van der Waals surface area contributed by atoms with E-state index in [0.29, 0.717) is 31.2 Å². The number of carbonyl (C=O) groups is 1. The maximum absolute atomic E-state index is 12.6. The van der Waals surface area contributed by atoms with E-state index in [2.05, 4.69) is 20.1 Å². The molecule has 0 saturated heterocycles. The van der Waals surface area contributed by atoms with Gasteiger partial charge in [0.05, 0.1) is 5.69 Å². The lowest BCUT2D eigenvalue weighted by molar-refractivity contribution is -0.130. The van der Waals surface area contributed by atoms with Crippen molar-refractivity contribution >= 4 is 5.91 Å². The molecule has 0 aliphatic carbocycles. The summed E-state index contributed by atoms with van der Waals surface area (Å²) in [5, 5.41) is 3.74. The van der Waals surface area contributed by atoms with E-state index < -0.39 is 0 Å². The second-order valence-electron chi connectivity index (χ2n) is 6.31. The molecule has 26 heavy (non-hydrogen) atoms. The van der Waals surface area contributed by atoms with Gasteiger partial charge in [-0.2, -0.15) is 4.98 Å². The number of fused-ring (bicyclic) bond motifs is 1. The molecule has 0 atom stereocenters. The molecule has 132 valence electrons. The summed E-state index contributed by atoms with van der Waals surface area (Å²) in [5.41, 5.74) is 4.18. The van der Waals surface area contributed by atoms with Crippen molar-refractivity contribution in [3.8, 4) is 11.3 Å². The summed E-state index contributed by atoms with van der Waals surface area (Å²) < 4.78 is 5.06. The fourth-order valence-corrected chi connectivity index (χ4v) is 3.27. The fourth-order valence-electron chi connectivity index (χ4n) is 3.27. The normalized spacial score (nSPS) is 14.0. The van der Waals surface area contributed by atoms with Crippen molar-refractivity contribution in [3.05, 3.63) is 59.6 Å². The lowest BCUT2D eigenvalue weighted by Gasteiger charge is -2.19. The minimum absolute atomic E-state index is 0.00400. The third kappa shape index (κ3) is 3.33. The van der Waals surface area contributed by atoms with Gasteiger partial charge in [-0.3, -0.25) is 4.79 Å². The van der Waals surface area contributed by atoms with Gasteiger partial charge >= 0.3 is 0 Å². The van der Waals surface area contributed by atoms with Crippen LogP contribution in [0, 0.1) is 6.92 Å². The number of benzene rings is 1. The summed E-state index contributed by atoms with van der Waals surface area (Å²) >= 11 is 0. The SMILES string of the molecule is Cc1noc(CC(=O)N2CCc3ncnc(-c4ccccc4)c3CC2)n1. The maximum atomic E-state index is 12.6. The number of nitrogens with zero attached hydrogens (tertiary/aromatic N) is 5. The smallest absolute Gasteiger partial charge is 0.236 e. The first-order valence-corrected chi connectivity index (χ1v) is 8.66. The molecule has 0 N–H and O–H groups in total. The Morgan fingerprint density at radius 3 is 2.73 bits per heavy atom. The van der Waals surface area contributed by atoms with E-state index in [9.17, 15) is 4.79 Å². The van der Waals surface area contributed by atoms with Gasteiger partial charge in [-0.05, 0) is 13.3 Å². The van der Waals surface area contributed by atoms with Gasteiger partial charge in [0.1, 0.15) is 12.7 Å². The molecule has 3 aromatic rings. The van der Waals surface area contributed by atoms with E-state index >= 15 is 0 Å². The zero-order chi connectivity index (χ0) is 17.9. The van der Waals surface area contributed by atoms with E-state index in [1.807, 2.05) is 35.2 Å². The summed E-state index contributed by atoms with van der Waals surface area (Å²) in [6.45, 7) is 3.00. The molecule has 2 aromatic heterocycles. The summed E-state index contributed by atoms with van der Waals surface area (Å²) in [7, 11) is 0. The van der Waals surface area contributed by atoms with Crippen molar-refractivity contribution in [2.24, 2.45) is 0 Å². The average molecular weight is 349 g/mol. The van der Waals surface area contributed by atoms with Crippen LogP contribution in [0.25, 0.3) is 11.3 Å². The van der Waals surface area contributed by atoms with E-state index in [1.165, 1.54) is 0 Å². The fraction of sp³-hybridized carbons (Fsp3) is 0.316. The molecule has 4 rings (SSSR count). The van der Waals surface area contributed by atoms with Crippen LogP contribution in [0.4, 0.5) is 0 Å². The van der Waals surface area contributed by atoms with Crippen LogP contribution in [0.1, 0.15) is 23.0 Å². The molecule has 1 aliphatic heterocycles. The molecule has 0 bridgehead atoms. The van der Waals surface area contributed by atoms with Gasteiger partial charge in [-0.15, -0.1) is 0 Å². The molecular formula is C19H19N5O2. The van der Waals surface area contributed by atoms with Gasteiger partial charge in [0.15, 0.2) is 5.82 Å². The third-order valence-electron chi connectivity index (χ3n) is 4.56. The Bertz CT molecular complexity index is 923. The summed E-state index contributed by atoms with van der Waals surface area (Å²) in [5.74, 6) is 0.897. The van der Waals surface area contributed by atoms with Gasteiger partial charge in [0, 0.05) is 36.3 Å². The number of hydrogen-bond donors (Lipinski definition) is 0. The van der Waals surface area contributed by atoms with Crippen molar-refractivity contribution in [3.63, 3.8) is 0 Å². The standard InChI is InChI=1S/C19H19N5O2/c1-13-22-17(26-23-13)11-18(25)24-9-7-15-16(8-10-24)20-12-21-19(15)14-5-3-2-4-6-14/h2-6,12H,7-11H2,1H3. The Morgan fingerprint density at radius 2 is 1.96 bits per heavy atom. The Kier molecular flexibility index (Phi) is 4.43. The number of aryl methyl sites for hydroxylation is 1. The zero-order valence-electron chi connectivity index (χ0n) is 14.6. The molecule has 0 radical (unpaired) electrons. The number of rotatable bonds is 3. The van der Waals surface area contributed by atoms with Crippen LogP contribution >= 0.6 is 0 Å². The van der Waals surface area contributed by atoms with Gasteiger partial charge in [-0.25, -0.2) is 9.97 Å². The van der Waals surface area contributed by atoms with Crippen LogP contribution in [-0.4, -0.2) is 44.0 Å². The van der Waals surface area contributed by atoms with Crippen molar-refractivity contribution in [2.45, 2.75) is 26.2 Å². The Morgan fingerprint density at radius 1 is 1.15 bits per heavy atom. The summed E-state index contributed by atoms with van der Waals surface area (Å²) in [6, 6.07) is 10.1. The van der Waals surface area contributed by atoms with Crippen molar-refractivity contribution in [1.29, 1.82) is 0 Å².